The van der Waals surface area contributed by atoms with Gasteiger partial charge in [-0.05, 0) is 68.8 Å². The van der Waals surface area contributed by atoms with Crippen LogP contribution in [0.1, 0.15) is 63.4 Å². The Balaban J connectivity index is 1.41. The van der Waals surface area contributed by atoms with Crippen molar-refractivity contribution in [3.8, 4) is 0 Å². The van der Waals surface area contributed by atoms with E-state index in [2.05, 4.69) is 5.32 Å². The number of amides is 2. The predicted octanol–water partition coefficient (Wildman–Crippen LogP) is 3.43. The van der Waals surface area contributed by atoms with Crippen molar-refractivity contribution in [1.29, 1.82) is 0 Å². The summed E-state index contributed by atoms with van der Waals surface area (Å²) in [6.07, 6.45) is 7.98. The van der Waals surface area contributed by atoms with E-state index in [1.54, 1.807) is 12.1 Å². The van der Waals surface area contributed by atoms with E-state index in [0.717, 1.165) is 44.9 Å². The maximum Gasteiger partial charge on any atom is 0.230 e. The van der Waals surface area contributed by atoms with Crippen molar-refractivity contribution in [1.82, 2.24) is 5.32 Å². The van der Waals surface area contributed by atoms with Crippen LogP contribution in [0, 0.1) is 29.0 Å². The molecule has 1 aromatic carbocycles. The molecular formula is C23H29FN2O2. The molecular weight excluding hydrogens is 355 g/mol. The van der Waals surface area contributed by atoms with Gasteiger partial charge in [0.25, 0.3) is 0 Å². The van der Waals surface area contributed by atoms with Gasteiger partial charge in [0.15, 0.2) is 0 Å². The lowest BCUT2D eigenvalue weighted by molar-refractivity contribution is -0.148. The molecule has 4 bridgehead atoms. The van der Waals surface area contributed by atoms with Crippen molar-refractivity contribution in [3.63, 3.8) is 0 Å². The van der Waals surface area contributed by atoms with Crippen molar-refractivity contribution < 1.29 is 14.0 Å². The SMILES string of the molecule is NC(=O)C12CC3CC(C1)C(NC(=O)C1(c4ccccc4F)CCCC1)C(C3)C2. The number of nitrogens with two attached hydrogens (primary N) is 1. The Bertz CT molecular complexity index is 801. The van der Waals surface area contributed by atoms with Gasteiger partial charge in [-0.3, -0.25) is 9.59 Å². The molecule has 5 saturated carbocycles. The summed E-state index contributed by atoms with van der Waals surface area (Å²) >= 11 is 0. The lowest BCUT2D eigenvalue weighted by Crippen LogP contribution is -2.63. The molecule has 4 nitrogen and oxygen atoms in total. The van der Waals surface area contributed by atoms with E-state index in [9.17, 15) is 14.0 Å². The highest BCUT2D eigenvalue weighted by atomic mass is 19.1. The van der Waals surface area contributed by atoms with Crippen LogP contribution in [0.2, 0.25) is 0 Å². The topological polar surface area (TPSA) is 72.2 Å². The summed E-state index contributed by atoms with van der Waals surface area (Å²) in [5.74, 6) is 0.752. The first-order valence-corrected chi connectivity index (χ1v) is 10.8. The van der Waals surface area contributed by atoms with Crippen LogP contribution in [0.4, 0.5) is 4.39 Å². The minimum Gasteiger partial charge on any atom is -0.369 e. The Hall–Kier alpha value is -1.91. The number of hydrogen-bond donors (Lipinski definition) is 2. The Morgan fingerprint density at radius 1 is 1.04 bits per heavy atom. The number of primary amides is 1. The molecule has 2 amide bonds. The molecule has 1 aromatic rings. The molecule has 0 spiro atoms. The maximum absolute atomic E-state index is 14.6. The summed E-state index contributed by atoms with van der Waals surface area (Å²) in [5.41, 5.74) is 5.23. The van der Waals surface area contributed by atoms with Crippen molar-refractivity contribution in [2.24, 2.45) is 28.9 Å². The monoisotopic (exact) mass is 384 g/mol. The van der Waals surface area contributed by atoms with Crippen LogP contribution >= 0.6 is 0 Å². The zero-order valence-corrected chi connectivity index (χ0v) is 16.3. The smallest absolute Gasteiger partial charge is 0.230 e. The third-order valence-electron chi connectivity index (χ3n) is 8.37. The Morgan fingerprint density at radius 3 is 2.29 bits per heavy atom. The second kappa shape index (κ2) is 6.30. The Kier molecular flexibility index (Phi) is 4.08. The maximum atomic E-state index is 14.6. The summed E-state index contributed by atoms with van der Waals surface area (Å²) in [6, 6.07) is 6.84. The first kappa shape index (κ1) is 18.1. The molecule has 0 radical (unpaired) electrons. The van der Waals surface area contributed by atoms with Crippen molar-refractivity contribution in [3.05, 3.63) is 35.6 Å². The van der Waals surface area contributed by atoms with Crippen LogP contribution in [0.3, 0.4) is 0 Å². The van der Waals surface area contributed by atoms with Crippen LogP contribution in [0.5, 0.6) is 0 Å². The van der Waals surface area contributed by atoms with Gasteiger partial charge in [-0.15, -0.1) is 0 Å². The van der Waals surface area contributed by atoms with Gasteiger partial charge in [0.2, 0.25) is 11.8 Å². The van der Waals surface area contributed by atoms with Gasteiger partial charge in [-0.25, -0.2) is 4.39 Å². The van der Waals surface area contributed by atoms with E-state index in [4.69, 9.17) is 5.73 Å². The fourth-order valence-electron chi connectivity index (χ4n) is 7.30. The standard InChI is InChI=1S/C23H29FN2O2/c24-18-6-2-1-5-17(18)23(7-3-4-8-23)21(28)26-19-15-9-14-10-16(19)13-22(11-14,12-15)20(25)27/h1-2,5-6,14-16,19H,3-4,7-13H2,(H2,25,27)(H,26,28). The van der Waals surface area contributed by atoms with Gasteiger partial charge in [-0.1, -0.05) is 31.0 Å². The first-order valence-electron chi connectivity index (χ1n) is 10.8. The summed E-state index contributed by atoms with van der Waals surface area (Å²) in [6.45, 7) is 0. The normalized spacial score (nSPS) is 37.8. The zero-order valence-electron chi connectivity index (χ0n) is 16.3. The number of hydrogen-bond acceptors (Lipinski definition) is 2. The summed E-state index contributed by atoms with van der Waals surface area (Å²) in [4.78, 5) is 25.7. The molecule has 5 fully saturated rings. The lowest BCUT2D eigenvalue weighted by atomic mass is 9.47. The van der Waals surface area contributed by atoms with E-state index < -0.39 is 5.41 Å². The van der Waals surface area contributed by atoms with Crippen LogP contribution in [-0.4, -0.2) is 17.9 Å². The molecule has 150 valence electrons. The zero-order chi connectivity index (χ0) is 19.5. The molecule has 3 N–H and O–H groups in total. The molecule has 0 heterocycles. The van der Waals surface area contributed by atoms with Gasteiger partial charge in [-0.2, -0.15) is 0 Å². The molecule has 2 unspecified atom stereocenters. The Labute approximate surface area is 165 Å². The van der Waals surface area contributed by atoms with E-state index in [1.807, 2.05) is 6.07 Å². The quantitative estimate of drug-likeness (QED) is 0.835. The first-order chi connectivity index (χ1) is 13.4. The number of halogens is 1. The predicted molar refractivity (Wildman–Crippen MR) is 104 cm³/mol. The number of benzene rings is 1. The molecule has 2 atom stereocenters. The van der Waals surface area contributed by atoms with E-state index >= 15 is 0 Å². The van der Waals surface area contributed by atoms with E-state index in [0.29, 0.717) is 36.2 Å². The molecule has 5 aliphatic carbocycles. The van der Waals surface area contributed by atoms with Gasteiger partial charge in [0.05, 0.1) is 5.41 Å². The van der Waals surface area contributed by atoms with Gasteiger partial charge < -0.3 is 11.1 Å². The summed E-state index contributed by atoms with van der Waals surface area (Å²) in [5, 5.41) is 3.37. The highest BCUT2D eigenvalue weighted by Gasteiger charge is 2.58. The number of carbonyl (C=O) groups is 2. The number of rotatable bonds is 4. The minimum absolute atomic E-state index is 0.0132. The molecule has 0 aromatic heterocycles. The molecule has 5 heteroatoms. The van der Waals surface area contributed by atoms with Crippen LogP contribution in [-0.2, 0) is 15.0 Å². The molecule has 0 aliphatic heterocycles. The highest BCUT2D eigenvalue weighted by Crippen LogP contribution is 2.60. The van der Waals surface area contributed by atoms with Gasteiger partial charge in [0.1, 0.15) is 5.82 Å². The molecule has 5 aliphatic rings. The number of nitrogens with one attached hydrogen (secondary N) is 1. The highest BCUT2D eigenvalue weighted by molar-refractivity contribution is 5.89. The van der Waals surface area contributed by atoms with Crippen LogP contribution in [0.15, 0.2) is 24.3 Å². The number of carbonyl (C=O) groups excluding carboxylic acids is 2. The third kappa shape index (κ3) is 2.54. The largest absolute Gasteiger partial charge is 0.369 e. The van der Waals surface area contributed by atoms with E-state index in [-0.39, 0.29) is 29.1 Å². The second-order valence-corrected chi connectivity index (χ2v) is 9.88. The summed E-state index contributed by atoms with van der Waals surface area (Å²) < 4.78 is 14.6. The van der Waals surface area contributed by atoms with Gasteiger partial charge in [0, 0.05) is 17.0 Å². The average molecular weight is 384 g/mol. The van der Waals surface area contributed by atoms with Crippen LogP contribution < -0.4 is 11.1 Å². The third-order valence-corrected chi connectivity index (χ3v) is 8.37. The molecule has 6 rings (SSSR count). The van der Waals surface area contributed by atoms with Crippen molar-refractivity contribution in [2.45, 2.75) is 69.2 Å². The fraction of sp³-hybridized carbons (Fsp3) is 0.652. The van der Waals surface area contributed by atoms with Gasteiger partial charge >= 0.3 is 0 Å². The van der Waals surface area contributed by atoms with Crippen LogP contribution in [0.25, 0.3) is 0 Å². The van der Waals surface area contributed by atoms with Crippen molar-refractivity contribution >= 4 is 11.8 Å². The fourth-order valence-corrected chi connectivity index (χ4v) is 7.30. The molecule has 28 heavy (non-hydrogen) atoms. The molecule has 0 saturated heterocycles. The minimum atomic E-state index is -0.749. The second-order valence-electron chi connectivity index (χ2n) is 9.88. The summed E-state index contributed by atoms with van der Waals surface area (Å²) in [7, 11) is 0. The van der Waals surface area contributed by atoms with E-state index in [1.165, 1.54) is 6.07 Å². The Morgan fingerprint density at radius 2 is 1.68 bits per heavy atom. The average Bonchev–Trinajstić information content (AvgIpc) is 3.15. The lowest BCUT2D eigenvalue weighted by Gasteiger charge is -2.59. The van der Waals surface area contributed by atoms with Crippen molar-refractivity contribution in [2.75, 3.05) is 0 Å².